The highest BCUT2D eigenvalue weighted by atomic mass is 35.5. The summed E-state index contributed by atoms with van der Waals surface area (Å²) < 4.78 is 5.79. The summed E-state index contributed by atoms with van der Waals surface area (Å²) >= 11 is 5.80. The van der Waals surface area contributed by atoms with Gasteiger partial charge in [0.25, 0.3) is 0 Å². The van der Waals surface area contributed by atoms with Crippen LogP contribution in [-0.4, -0.2) is 35.3 Å². The second kappa shape index (κ2) is 4.78. The van der Waals surface area contributed by atoms with Gasteiger partial charge in [0, 0.05) is 12.7 Å². The Morgan fingerprint density at radius 1 is 1.41 bits per heavy atom. The summed E-state index contributed by atoms with van der Waals surface area (Å²) in [7, 11) is 0. The standard InChI is InChI=1S/C12H16ClN3O/c13-6-9-7-14-8-12(15-9)16-4-5-17-11-3-1-2-10(11)16/h7-8,10-11H,1-6H2. The molecule has 2 aliphatic rings. The van der Waals surface area contributed by atoms with Crippen molar-refractivity contribution in [1.82, 2.24) is 9.97 Å². The molecule has 0 spiro atoms. The summed E-state index contributed by atoms with van der Waals surface area (Å²) in [5, 5.41) is 0. The van der Waals surface area contributed by atoms with Crippen molar-refractivity contribution in [3.05, 3.63) is 18.1 Å². The van der Waals surface area contributed by atoms with Crippen molar-refractivity contribution in [3.8, 4) is 0 Å². The lowest BCUT2D eigenvalue weighted by molar-refractivity contribution is 0.0253. The third-order valence-electron chi connectivity index (χ3n) is 3.59. The van der Waals surface area contributed by atoms with Crippen molar-refractivity contribution in [2.24, 2.45) is 0 Å². The van der Waals surface area contributed by atoms with E-state index < -0.39 is 0 Å². The van der Waals surface area contributed by atoms with Crippen LogP contribution in [0.5, 0.6) is 0 Å². The number of fused-ring (bicyclic) bond motifs is 1. The van der Waals surface area contributed by atoms with Gasteiger partial charge in [-0.15, -0.1) is 11.6 Å². The third kappa shape index (κ3) is 2.11. The number of alkyl halides is 1. The molecule has 1 aromatic rings. The molecule has 1 saturated heterocycles. The zero-order chi connectivity index (χ0) is 11.7. The second-order valence-corrected chi connectivity index (χ2v) is 4.87. The molecule has 1 aliphatic carbocycles. The molecule has 2 atom stereocenters. The first kappa shape index (κ1) is 11.2. The number of anilines is 1. The molecule has 0 N–H and O–H groups in total. The Morgan fingerprint density at radius 2 is 2.35 bits per heavy atom. The van der Waals surface area contributed by atoms with E-state index in [4.69, 9.17) is 16.3 Å². The van der Waals surface area contributed by atoms with Crippen LogP contribution in [0.1, 0.15) is 25.0 Å². The average Bonchev–Trinajstić information content (AvgIpc) is 2.87. The van der Waals surface area contributed by atoms with Gasteiger partial charge in [-0.1, -0.05) is 0 Å². The predicted molar refractivity (Wildman–Crippen MR) is 66.3 cm³/mol. The molecule has 4 nitrogen and oxygen atoms in total. The Morgan fingerprint density at radius 3 is 3.24 bits per heavy atom. The molecule has 2 heterocycles. The van der Waals surface area contributed by atoms with E-state index in [1.54, 1.807) is 6.20 Å². The van der Waals surface area contributed by atoms with E-state index in [1.165, 1.54) is 19.3 Å². The van der Waals surface area contributed by atoms with Crippen molar-refractivity contribution < 1.29 is 4.74 Å². The van der Waals surface area contributed by atoms with Crippen molar-refractivity contribution in [2.45, 2.75) is 37.3 Å². The van der Waals surface area contributed by atoms with E-state index in [1.807, 2.05) is 6.20 Å². The second-order valence-electron chi connectivity index (χ2n) is 4.60. The largest absolute Gasteiger partial charge is 0.374 e. The molecular formula is C12H16ClN3O. The van der Waals surface area contributed by atoms with Gasteiger partial charge < -0.3 is 9.64 Å². The van der Waals surface area contributed by atoms with Crippen LogP contribution in [0.2, 0.25) is 0 Å². The van der Waals surface area contributed by atoms with E-state index in [2.05, 4.69) is 14.9 Å². The summed E-state index contributed by atoms with van der Waals surface area (Å²) in [6.07, 6.45) is 7.54. The van der Waals surface area contributed by atoms with Crippen LogP contribution in [0.3, 0.4) is 0 Å². The van der Waals surface area contributed by atoms with Gasteiger partial charge in [-0.2, -0.15) is 0 Å². The molecule has 2 unspecified atom stereocenters. The highest BCUT2D eigenvalue weighted by Crippen LogP contribution is 2.32. The maximum atomic E-state index is 5.80. The Hall–Kier alpha value is -0.870. The van der Waals surface area contributed by atoms with Crippen molar-refractivity contribution in [1.29, 1.82) is 0 Å². The molecular weight excluding hydrogens is 238 g/mol. The first-order valence-corrected chi connectivity index (χ1v) is 6.67. The van der Waals surface area contributed by atoms with Gasteiger partial charge in [0.05, 0.1) is 36.5 Å². The number of aromatic nitrogens is 2. The Kier molecular flexibility index (Phi) is 3.16. The predicted octanol–water partition coefficient (Wildman–Crippen LogP) is 1.97. The highest BCUT2D eigenvalue weighted by Gasteiger charge is 2.36. The van der Waals surface area contributed by atoms with Crippen molar-refractivity contribution >= 4 is 17.4 Å². The van der Waals surface area contributed by atoms with Gasteiger partial charge in [0.1, 0.15) is 5.82 Å². The average molecular weight is 254 g/mol. The lowest BCUT2D eigenvalue weighted by Gasteiger charge is -2.38. The maximum absolute atomic E-state index is 5.80. The van der Waals surface area contributed by atoms with Gasteiger partial charge >= 0.3 is 0 Å². The molecule has 0 amide bonds. The van der Waals surface area contributed by atoms with Crippen LogP contribution >= 0.6 is 11.6 Å². The summed E-state index contributed by atoms with van der Waals surface area (Å²) in [5.41, 5.74) is 0.838. The van der Waals surface area contributed by atoms with Crippen LogP contribution < -0.4 is 4.90 Å². The number of hydrogen-bond donors (Lipinski definition) is 0. The van der Waals surface area contributed by atoms with E-state index in [0.29, 0.717) is 18.0 Å². The summed E-state index contributed by atoms with van der Waals surface area (Å²) in [6.45, 7) is 1.69. The fourth-order valence-corrected chi connectivity index (χ4v) is 2.94. The summed E-state index contributed by atoms with van der Waals surface area (Å²) in [4.78, 5) is 11.1. The fourth-order valence-electron chi connectivity index (χ4n) is 2.81. The first-order chi connectivity index (χ1) is 8.38. The molecule has 3 rings (SSSR count). The molecule has 0 radical (unpaired) electrons. The number of hydrogen-bond acceptors (Lipinski definition) is 4. The van der Waals surface area contributed by atoms with Gasteiger partial charge in [0.2, 0.25) is 0 Å². The Labute approximate surface area is 106 Å². The minimum atomic E-state index is 0.380. The Bertz CT molecular complexity index is 401. The lowest BCUT2D eigenvalue weighted by Crippen LogP contribution is -2.49. The third-order valence-corrected chi connectivity index (χ3v) is 3.86. The number of morpholine rings is 1. The van der Waals surface area contributed by atoms with Crippen molar-refractivity contribution in [2.75, 3.05) is 18.1 Å². The topological polar surface area (TPSA) is 38.2 Å². The molecule has 0 aromatic carbocycles. The quantitative estimate of drug-likeness (QED) is 0.756. The van der Waals surface area contributed by atoms with Gasteiger partial charge in [-0.05, 0) is 19.3 Å². The molecule has 5 heteroatoms. The molecule has 92 valence electrons. The Balaban J connectivity index is 1.86. The van der Waals surface area contributed by atoms with Crippen molar-refractivity contribution in [3.63, 3.8) is 0 Å². The van der Waals surface area contributed by atoms with E-state index in [-0.39, 0.29) is 0 Å². The number of halogens is 1. The summed E-state index contributed by atoms with van der Waals surface area (Å²) in [5.74, 6) is 1.36. The fraction of sp³-hybridized carbons (Fsp3) is 0.667. The zero-order valence-electron chi connectivity index (χ0n) is 9.68. The van der Waals surface area contributed by atoms with E-state index in [0.717, 1.165) is 24.7 Å². The first-order valence-electron chi connectivity index (χ1n) is 6.13. The van der Waals surface area contributed by atoms with Gasteiger partial charge in [0.15, 0.2) is 0 Å². The molecule has 0 bridgehead atoms. The van der Waals surface area contributed by atoms with E-state index >= 15 is 0 Å². The monoisotopic (exact) mass is 253 g/mol. The smallest absolute Gasteiger partial charge is 0.147 e. The van der Waals surface area contributed by atoms with Gasteiger partial charge in [-0.3, -0.25) is 4.98 Å². The molecule has 2 fully saturated rings. The van der Waals surface area contributed by atoms with Crippen LogP contribution in [0, 0.1) is 0 Å². The SMILES string of the molecule is ClCc1cncc(N2CCOC3CCCC32)n1. The van der Waals surface area contributed by atoms with Crippen LogP contribution in [0.4, 0.5) is 5.82 Å². The zero-order valence-corrected chi connectivity index (χ0v) is 10.4. The van der Waals surface area contributed by atoms with Crippen LogP contribution in [0.25, 0.3) is 0 Å². The highest BCUT2D eigenvalue weighted by molar-refractivity contribution is 6.16. The van der Waals surface area contributed by atoms with E-state index in [9.17, 15) is 0 Å². The normalized spacial score (nSPS) is 28.2. The molecule has 1 aliphatic heterocycles. The molecule has 17 heavy (non-hydrogen) atoms. The van der Waals surface area contributed by atoms with Gasteiger partial charge in [-0.25, -0.2) is 4.98 Å². The minimum Gasteiger partial charge on any atom is -0.374 e. The maximum Gasteiger partial charge on any atom is 0.147 e. The van der Waals surface area contributed by atoms with Crippen LogP contribution in [-0.2, 0) is 10.6 Å². The minimum absolute atomic E-state index is 0.380. The number of nitrogens with zero attached hydrogens (tertiary/aromatic N) is 3. The number of ether oxygens (including phenoxy) is 1. The molecule has 1 aromatic heterocycles. The van der Waals surface area contributed by atoms with Crippen LogP contribution in [0.15, 0.2) is 12.4 Å². The lowest BCUT2D eigenvalue weighted by atomic mass is 10.1. The molecule has 1 saturated carbocycles. The summed E-state index contributed by atoms with van der Waals surface area (Å²) in [6, 6.07) is 0.476. The number of rotatable bonds is 2.